The molecule has 0 saturated heterocycles. The van der Waals surface area contributed by atoms with E-state index in [-0.39, 0.29) is 0 Å². The fourth-order valence-corrected chi connectivity index (χ4v) is 2.61. The lowest BCUT2D eigenvalue weighted by Gasteiger charge is -2.13. The van der Waals surface area contributed by atoms with Gasteiger partial charge < -0.3 is 15.1 Å². The van der Waals surface area contributed by atoms with Crippen LogP contribution in [0.5, 0.6) is 0 Å². The zero-order valence-corrected chi connectivity index (χ0v) is 15.6. The predicted molar refractivity (Wildman–Crippen MR) is 101 cm³/mol. The molecule has 0 atom stereocenters. The minimum absolute atomic E-state index is 0.481. The van der Waals surface area contributed by atoms with E-state index in [1.165, 1.54) is 0 Å². The van der Waals surface area contributed by atoms with Crippen molar-refractivity contribution >= 4 is 5.96 Å². The summed E-state index contributed by atoms with van der Waals surface area (Å²) in [6, 6.07) is 10.2. The molecule has 26 heavy (non-hydrogen) atoms. The summed E-state index contributed by atoms with van der Waals surface area (Å²) in [6.07, 6.45) is 1.97. The minimum Gasteiger partial charge on any atom is -0.444 e. The van der Waals surface area contributed by atoms with Crippen molar-refractivity contribution in [3.05, 3.63) is 65.1 Å². The lowest BCUT2D eigenvalue weighted by Crippen LogP contribution is -2.36. The largest absolute Gasteiger partial charge is 0.444 e. The van der Waals surface area contributed by atoms with Crippen LogP contribution in [0.15, 0.2) is 45.9 Å². The second kappa shape index (κ2) is 7.86. The molecule has 0 aliphatic heterocycles. The molecule has 0 unspecified atom stereocenters. The zero-order valence-electron chi connectivity index (χ0n) is 15.6. The van der Waals surface area contributed by atoms with Crippen molar-refractivity contribution in [2.24, 2.45) is 4.99 Å². The first-order valence-corrected chi connectivity index (χ1v) is 8.55. The molecule has 0 saturated carbocycles. The van der Waals surface area contributed by atoms with Crippen LogP contribution in [0.2, 0.25) is 0 Å². The SMILES string of the molecule is CN=C(NCc1nc(C)c(C)o1)NCc1ccccc1-n1ccc(C)n1. The van der Waals surface area contributed by atoms with E-state index in [1.807, 2.05) is 49.8 Å². The van der Waals surface area contributed by atoms with Crippen LogP contribution in [0.4, 0.5) is 0 Å². The maximum absolute atomic E-state index is 5.58. The normalized spacial score (nSPS) is 11.6. The Morgan fingerprint density at radius 2 is 1.88 bits per heavy atom. The number of hydrogen-bond donors (Lipinski definition) is 2. The maximum atomic E-state index is 5.58. The van der Waals surface area contributed by atoms with Gasteiger partial charge in [0.2, 0.25) is 5.89 Å². The van der Waals surface area contributed by atoms with Crippen LogP contribution in [-0.4, -0.2) is 27.8 Å². The minimum atomic E-state index is 0.481. The van der Waals surface area contributed by atoms with Gasteiger partial charge in [-0.2, -0.15) is 5.10 Å². The number of rotatable bonds is 5. The van der Waals surface area contributed by atoms with Gasteiger partial charge in [0.05, 0.1) is 23.6 Å². The fourth-order valence-electron chi connectivity index (χ4n) is 2.61. The van der Waals surface area contributed by atoms with Crippen LogP contribution in [0.1, 0.15) is 28.6 Å². The van der Waals surface area contributed by atoms with Gasteiger partial charge in [-0.1, -0.05) is 18.2 Å². The second-order valence-electron chi connectivity index (χ2n) is 6.06. The molecule has 0 fully saturated rings. The molecular weight excluding hydrogens is 328 g/mol. The molecule has 0 radical (unpaired) electrons. The third-order valence-corrected chi connectivity index (χ3v) is 4.11. The topological polar surface area (TPSA) is 80.3 Å². The van der Waals surface area contributed by atoms with Crippen LogP contribution >= 0.6 is 0 Å². The zero-order chi connectivity index (χ0) is 18.5. The Hall–Kier alpha value is -3.09. The van der Waals surface area contributed by atoms with Gasteiger partial charge in [-0.05, 0) is 38.5 Å². The lowest BCUT2D eigenvalue weighted by atomic mass is 10.2. The molecule has 3 aromatic rings. The first-order valence-electron chi connectivity index (χ1n) is 8.55. The molecule has 0 amide bonds. The molecule has 1 aromatic carbocycles. The molecule has 0 bridgehead atoms. The van der Waals surface area contributed by atoms with Gasteiger partial charge >= 0.3 is 0 Å². The molecule has 0 aliphatic carbocycles. The number of aliphatic imine (C=N–C) groups is 1. The molecule has 3 rings (SSSR count). The Bertz CT molecular complexity index is 889. The Morgan fingerprint density at radius 3 is 2.54 bits per heavy atom. The number of hydrogen-bond acceptors (Lipinski definition) is 4. The van der Waals surface area contributed by atoms with E-state index < -0.39 is 0 Å². The summed E-state index contributed by atoms with van der Waals surface area (Å²) >= 11 is 0. The van der Waals surface area contributed by atoms with Crippen molar-refractivity contribution in [1.82, 2.24) is 25.4 Å². The Kier molecular flexibility index (Phi) is 5.36. The molecule has 7 heteroatoms. The number of oxazole rings is 1. The van der Waals surface area contributed by atoms with Crippen LogP contribution < -0.4 is 10.6 Å². The van der Waals surface area contributed by atoms with Gasteiger partial charge in [0, 0.05) is 19.8 Å². The van der Waals surface area contributed by atoms with Crippen LogP contribution in [0, 0.1) is 20.8 Å². The highest BCUT2D eigenvalue weighted by Gasteiger charge is 2.08. The Balaban J connectivity index is 1.64. The molecule has 0 aliphatic rings. The second-order valence-corrected chi connectivity index (χ2v) is 6.06. The summed E-state index contributed by atoms with van der Waals surface area (Å²) in [5.41, 5.74) is 4.07. The Labute approximate surface area is 153 Å². The third kappa shape index (κ3) is 4.11. The molecular formula is C19H24N6O. The van der Waals surface area contributed by atoms with Crippen LogP contribution in [0.25, 0.3) is 5.69 Å². The standard InChI is InChI=1S/C19H24N6O/c1-13-9-10-25(24-13)17-8-6-5-7-16(17)11-21-19(20-4)22-12-18-23-14(2)15(3)26-18/h5-10H,11-12H2,1-4H3,(H2,20,21,22). The van der Waals surface area contributed by atoms with Crippen molar-refractivity contribution in [2.45, 2.75) is 33.9 Å². The van der Waals surface area contributed by atoms with Crippen LogP contribution in [0.3, 0.4) is 0 Å². The van der Waals surface area contributed by atoms with Gasteiger partial charge in [-0.25, -0.2) is 9.67 Å². The predicted octanol–water partition coefficient (Wildman–Crippen LogP) is 2.65. The van der Waals surface area contributed by atoms with E-state index >= 15 is 0 Å². The van der Waals surface area contributed by atoms with Crippen LogP contribution in [-0.2, 0) is 13.1 Å². The van der Waals surface area contributed by atoms with Gasteiger partial charge in [0.1, 0.15) is 5.76 Å². The van der Waals surface area contributed by atoms with E-state index in [1.54, 1.807) is 7.05 Å². The summed E-state index contributed by atoms with van der Waals surface area (Å²) in [4.78, 5) is 8.62. The van der Waals surface area contributed by atoms with Crippen molar-refractivity contribution in [3.63, 3.8) is 0 Å². The van der Waals surface area contributed by atoms with Crippen molar-refractivity contribution < 1.29 is 4.42 Å². The van der Waals surface area contributed by atoms with E-state index in [0.717, 1.165) is 28.4 Å². The number of aryl methyl sites for hydroxylation is 3. The number of nitrogens with one attached hydrogen (secondary N) is 2. The molecule has 7 nitrogen and oxygen atoms in total. The molecule has 2 heterocycles. The van der Waals surface area contributed by atoms with Gasteiger partial charge in [-0.3, -0.25) is 4.99 Å². The van der Waals surface area contributed by atoms with Gasteiger partial charge in [-0.15, -0.1) is 0 Å². The number of guanidine groups is 1. The monoisotopic (exact) mass is 352 g/mol. The highest BCUT2D eigenvalue weighted by Crippen LogP contribution is 2.14. The smallest absolute Gasteiger partial charge is 0.214 e. The average molecular weight is 352 g/mol. The number of benzene rings is 1. The number of aromatic nitrogens is 3. The van der Waals surface area contributed by atoms with Crippen molar-refractivity contribution in [1.29, 1.82) is 0 Å². The highest BCUT2D eigenvalue weighted by molar-refractivity contribution is 5.79. The number of nitrogens with zero attached hydrogens (tertiary/aromatic N) is 4. The third-order valence-electron chi connectivity index (χ3n) is 4.11. The maximum Gasteiger partial charge on any atom is 0.214 e. The van der Waals surface area contributed by atoms with Crippen molar-refractivity contribution in [2.75, 3.05) is 7.05 Å². The molecule has 0 spiro atoms. The van der Waals surface area contributed by atoms with E-state index in [4.69, 9.17) is 4.42 Å². The van der Waals surface area contributed by atoms with Crippen molar-refractivity contribution in [3.8, 4) is 5.69 Å². The molecule has 136 valence electrons. The average Bonchev–Trinajstić information content (AvgIpc) is 3.21. The van der Waals surface area contributed by atoms with E-state index in [2.05, 4.69) is 37.8 Å². The lowest BCUT2D eigenvalue weighted by molar-refractivity contribution is 0.463. The number of para-hydroxylation sites is 1. The molecule has 2 N–H and O–H groups in total. The summed E-state index contributed by atoms with van der Waals surface area (Å²) in [5, 5.41) is 11.0. The summed E-state index contributed by atoms with van der Waals surface area (Å²) in [7, 11) is 1.74. The summed E-state index contributed by atoms with van der Waals surface area (Å²) in [5.74, 6) is 2.17. The Morgan fingerprint density at radius 1 is 1.12 bits per heavy atom. The van der Waals surface area contributed by atoms with E-state index in [0.29, 0.717) is 24.9 Å². The van der Waals surface area contributed by atoms with E-state index in [9.17, 15) is 0 Å². The summed E-state index contributed by atoms with van der Waals surface area (Å²) < 4.78 is 7.47. The van der Waals surface area contributed by atoms with Gasteiger partial charge in [0.15, 0.2) is 5.96 Å². The quantitative estimate of drug-likeness (QED) is 0.545. The fraction of sp³-hybridized carbons (Fsp3) is 0.316. The first kappa shape index (κ1) is 17.7. The van der Waals surface area contributed by atoms with Gasteiger partial charge in [0.25, 0.3) is 0 Å². The summed E-state index contributed by atoms with van der Waals surface area (Å²) in [6.45, 7) is 6.93. The first-order chi connectivity index (χ1) is 12.6. The highest BCUT2D eigenvalue weighted by atomic mass is 16.4. The molecule has 2 aromatic heterocycles.